The van der Waals surface area contributed by atoms with E-state index < -0.39 is 47.8 Å². The first kappa shape index (κ1) is 34.9. The summed E-state index contributed by atoms with van der Waals surface area (Å²) in [6.45, 7) is 0. The van der Waals surface area contributed by atoms with Crippen LogP contribution in [0.5, 0.6) is 11.5 Å². The van der Waals surface area contributed by atoms with Gasteiger partial charge in [-0.15, -0.1) is 26.3 Å². The number of carbonyl (C=O) groups is 2. The number of ether oxygens (including phenoxy) is 3. The second-order valence-corrected chi connectivity index (χ2v) is 11.2. The predicted octanol–water partition coefficient (Wildman–Crippen LogP) is 7.84. The minimum absolute atomic E-state index is 0.0273. The molecule has 7 nitrogen and oxygen atoms in total. The van der Waals surface area contributed by atoms with E-state index in [4.69, 9.17) is 4.74 Å². The van der Waals surface area contributed by atoms with Crippen molar-refractivity contribution in [2.24, 2.45) is 0 Å². The Hall–Kier alpha value is -5.46. The van der Waals surface area contributed by atoms with Crippen LogP contribution in [0.4, 0.5) is 31.1 Å². The van der Waals surface area contributed by atoms with Gasteiger partial charge >= 0.3 is 24.7 Å². The lowest BCUT2D eigenvalue weighted by atomic mass is 9.77. The van der Waals surface area contributed by atoms with Gasteiger partial charge in [-0.05, 0) is 64.1 Å². The van der Waals surface area contributed by atoms with E-state index in [1.54, 1.807) is 30.3 Å². The number of carbonyl (C=O) groups excluding carboxylic acids is 2. The van der Waals surface area contributed by atoms with Gasteiger partial charge in [0.25, 0.3) is 0 Å². The van der Waals surface area contributed by atoms with Crippen LogP contribution in [0.25, 0.3) is 5.57 Å². The summed E-state index contributed by atoms with van der Waals surface area (Å²) in [5.74, 6) is -2.03. The molecular formula is C36H30F6N2O5. The molecule has 256 valence electrons. The number of amides is 2. The fourth-order valence-corrected chi connectivity index (χ4v) is 5.87. The molecule has 0 spiro atoms. The van der Waals surface area contributed by atoms with Gasteiger partial charge in [0.15, 0.2) is 0 Å². The first-order valence-corrected chi connectivity index (χ1v) is 14.9. The Morgan fingerprint density at radius 3 is 1.90 bits per heavy atom. The van der Waals surface area contributed by atoms with Gasteiger partial charge in [-0.2, -0.15) is 0 Å². The monoisotopic (exact) mass is 684 g/mol. The van der Waals surface area contributed by atoms with Crippen molar-refractivity contribution in [2.45, 2.75) is 43.6 Å². The number of hydrogen-bond acceptors (Lipinski definition) is 5. The number of halogens is 6. The Morgan fingerprint density at radius 2 is 1.33 bits per heavy atom. The number of rotatable bonds is 11. The summed E-state index contributed by atoms with van der Waals surface area (Å²) in [5, 5.41) is 5.42. The number of nitrogens with one attached hydrogen (secondary N) is 2. The molecule has 0 radical (unpaired) electrons. The Morgan fingerprint density at radius 1 is 0.755 bits per heavy atom. The zero-order chi connectivity index (χ0) is 35.2. The van der Waals surface area contributed by atoms with Crippen molar-refractivity contribution in [3.8, 4) is 11.5 Å². The summed E-state index contributed by atoms with van der Waals surface area (Å²) in [7, 11) is 1.16. The predicted molar refractivity (Wildman–Crippen MR) is 167 cm³/mol. The van der Waals surface area contributed by atoms with E-state index in [1.165, 1.54) is 24.3 Å². The second kappa shape index (κ2) is 14.3. The maximum Gasteiger partial charge on any atom is 0.573 e. The largest absolute Gasteiger partial charge is 0.573 e. The van der Waals surface area contributed by atoms with Crippen molar-refractivity contribution in [2.75, 3.05) is 7.11 Å². The van der Waals surface area contributed by atoms with Crippen LogP contribution in [0.15, 0.2) is 109 Å². The van der Waals surface area contributed by atoms with Gasteiger partial charge in [0.05, 0.1) is 12.6 Å². The van der Waals surface area contributed by atoms with E-state index >= 15 is 0 Å². The molecule has 1 atom stereocenters. The van der Waals surface area contributed by atoms with Gasteiger partial charge in [-0.25, -0.2) is 9.59 Å². The minimum atomic E-state index is -5.06. The van der Waals surface area contributed by atoms with Crippen molar-refractivity contribution >= 4 is 17.6 Å². The third-order valence-electron chi connectivity index (χ3n) is 7.91. The number of allylic oxidation sites excluding steroid dienone is 1. The summed E-state index contributed by atoms with van der Waals surface area (Å²) >= 11 is 0. The number of esters is 1. The van der Waals surface area contributed by atoms with Crippen LogP contribution in [0.2, 0.25) is 0 Å². The number of benzene rings is 4. The molecular weight excluding hydrogens is 654 g/mol. The van der Waals surface area contributed by atoms with Gasteiger partial charge in [0.2, 0.25) is 0 Å². The highest BCUT2D eigenvalue weighted by molar-refractivity contribution is 5.87. The van der Waals surface area contributed by atoms with Crippen molar-refractivity contribution in [3.05, 3.63) is 137 Å². The number of fused-ring (bicyclic) bond motifs is 1. The first-order chi connectivity index (χ1) is 23.2. The molecule has 2 N–H and O–H groups in total. The fraction of sp³-hybridized carbons (Fsp3) is 0.222. The van der Waals surface area contributed by atoms with Crippen LogP contribution < -0.4 is 20.1 Å². The highest BCUT2D eigenvalue weighted by Gasteiger charge is 2.40. The summed E-state index contributed by atoms with van der Waals surface area (Å²) in [6.07, 6.45) is -7.68. The standard InChI is InChI=1S/C36H30F6N2O5/c1-47-32(45)31(19-25-18-17-24-11-5-6-16-30(24)25)43-33(46)44-34(22-23-9-3-2-4-10-23,26-12-7-14-28(20-26)48-35(37,38)39)27-13-8-15-29(21-27)49-36(40,41)42/h2-16,18,20-21,31H,17,19,22H2,1H3,(H2,43,44,46)/t31-/m0/s1. The smallest absolute Gasteiger partial charge is 0.467 e. The molecule has 5 rings (SSSR count). The summed E-state index contributed by atoms with van der Waals surface area (Å²) in [6, 6.07) is 23.3. The van der Waals surface area contributed by atoms with E-state index in [1.807, 2.05) is 30.3 Å². The number of hydrogen-bond donors (Lipinski definition) is 2. The molecule has 0 saturated carbocycles. The van der Waals surface area contributed by atoms with Crippen LogP contribution in [-0.4, -0.2) is 37.9 Å². The van der Waals surface area contributed by atoms with E-state index in [0.717, 1.165) is 48.1 Å². The molecule has 1 aliphatic carbocycles. The zero-order valence-electron chi connectivity index (χ0n) is 25.9. The third kappa shape index (κ3) is 8.92. The van der Waals surface area contributed by atoms with Gasteiger partial charge in [-0.1, -0.05) is 84.9 Å². The van der Waals surface area contributed by atoms with E-state index in [2.05, 4.69) is 20.1 Å². The minimum Gasteiger partial charge on any atom is -0.467 e. The molecule has 4 aromatic rings. The maximum absolute atomic E-state index is 14.0. The highest BCUT2D eigenvalue weighted by Crippen LogP contribution is 2.38. The SMILES string of the molecule is COC(=O)[C@H](CC1=CCc2ccccc21)NC(=O)NC(Cc1ccccc1)(c1cccc(OC(F)(F)F)c1)c1cccc(OC(F)(F)F)c1. The van der Waals surface area contributed by atoms with E-state index in [-0.39, 0.29) is 24.0 Å². The second-order valence-electron chi connectivity index (χ2n) is 11.2. The Kier molecular flexibility index (Phi) is 10.2. The van der Waals surface area contributed by atoms with Crippen LogP contribution >= 0.6 is 0 Å². The van der Waals surface area contributed by atoms with Crippen molar-refractivity contribution in [1.82, 2.24) is 10.6 Å². The molecule has 4 aromatic carbocycles. The van der Waals surface area contributed by atoms with Gasteiger partial charge in [0, 0.05) is 12.8 Å². The summed E-state index contributed by atoms with van der Waals surface area (Å²) in [4.78, 5) is 27.0. The van der Waals surface area contributed by atoms with Crippen LogP contribution in [0.1, 0.15) is 34.2 Å². The molecule has 0 heterocycles. The van der Waals surface area contributed by atoms with Crippen molar-refractivity contribution in [3.63, 3.8) is 0 Å². The zero-order valence-corrected chi connectivity index (χ0v) is 25.9. The lowest BCUT2D eigenvalue weighted by Crippen LogP contribution is -2.55. The van der Waals surface area contributed by atoms with Crippen LogP contribution in [0.3, 0.4) is 0 Å². The van der Waals surface area contributed by atoms with Gasteiger partial charge in [0.1, 0.15) is 17.5 Å². The number of methoxy groups -OCH3 is 1. The molecule has 0 bridgehead atoms. The molecule has 1 aliphatic rings. The third-order valence-corrected chi connectivity index (χ3v) is 7.91. The van der Waals surface area contributed by atoms with Crippen molar-refractivity contribution < 1.29 is 50.1 Å². The number of urea groups is 1. The molecule has 0 unspecified atom stereocenters. The lowest BCUT2D eigenvalue weighted by Gasteiger charge is -2.37. The first-order valence-electron chi connectivity index (χ1n) is 14.9. The molecule has 49 heavy (non-hydrogen) atoms. The van der Waals surface area contributed by atoms with E-state index in [0.29, 0.717) is 12.0 Å². The molecule has 0 saturated heterocycles. The molecule has 13 heteroatoms. The Bertz CT molecular complexity index is 1770. The average Bonchev–Trinajstić information content (AvgIpc) is 3.45. The molecule has 2 amide bonds. The molecule has 0 fully saturated rings. The highest BCUT2D eigenvalue weighted by atomic mass is 19.4. The maximum atomic E-state index is 14.0. The average molecular weight is 685 g/mol. The molecule has 0 aromatic heterocycles. The van der Waals surface area contributed by atoms with Crippen LogP contribution in [-0.2, 0) is 27.9 Å². The fourth-order valence-electron chi connectivity index (χ4n) is 5.87. The number of alkyl halides is 6. The normalized spacial score (nSPS) is 13.5. The lowest BCUT2D eigenvalue weighted by molar-refractivity contribution is -0.275. The quantitative estimate of drug-likeness (QED) is 0.124. The summed E-state index contributed by atoms with van der Waals surface area (Å²) in [5.41, 5.74) is 1.50. The summed E-state index contributed by atoms with van der Waals surface area (Å²) < 4.78 is 93.1. The topological polar surface area (TPSA) is 85.9 Å². The van der Waals surface area contributed by atoms with Crippen LogP contribution in [0, 0.1) is 0 Å². The van der Waals surface area contributed by atoms with E-state index in [9.17, 15) is 35.9 Å². The Balaban J connectivity index is 1.59. The van der Waals surface area contributed by atoms with Gasteiger partial charge < -0.3 is 24.8 Å². The van der Waals surface area contributed by atoms with Crippen molar-refractivity contribution in [1.29, 1.82) is 0 Å². The Labute approximate surface area is 277 Å². The molecule has 0 aliphatic heterocycles. The van der Waals surface area contributed by atoms with Gasteiger partial charge in [-0.3, -0.25) is 0 Å².